The molecule has 0 fully saturated rings. The van der Waals surface area contributed by atoms with Gasteiger partial charge in [0.05, 0.1) is 0 Å². The molecule has 0 aliphatic carbocycles. The molecule has 0 bridgehead atoms. The number of aromatic nitrogens is 1. The monoisotopic (exact) mass is 228 g/mol. The number of hydrogen-bond acceptors (Lipinski definition) is 6. The molecule has 1 aromatic rings. The van der Waals surface area contributed by atoms with Gasteiger partial charge in [0.15, 0.2) is 10.8 Å². The van der Waals surface area contributed by atoms with Gasteiger partial charge in [0.2, 0.25) is 6.41 Å². The Hall–Kier alpha value is -1.96. The molecule has 15 heavy (non-hydrogen) atoms. The van der Waals surface area contributed by atoms with E-state index in [4.69, 9.17) is 5.73 Å². The van der Waals surface area contributed by atoms with E-state index in [0.717, 1.165) is 11.3 Å². The molecule has 0 aliphatic heterocycles. The number of carbonyl (C=O) groups is 2. The second-order valence-electron chi connectivity index (χ2n) is 2.29. The quantitative estimate of drug-likeness (QED) is 0.404. The highest BCUT2D eigenvalue weighted by Crippen LogP contribution is 2.15. The third-order valence-corrected chi connectivity index (χ3v) is 2.12. The Morgan fingerprint density at radius 1 is 1.80 bits per heavy atom. The number of rotatable bonds is 5. The van der Waals surface area contributed by atoms with Crippen LogP contribution in [-0.2, 0) is 14.4 Å². The third kappa shape index (κ3) is 2.74. The van der Waals surface area contributed by atoms with Crippen molar-refractivity contribution in [1.82, 2.24) is 4.98 Å². The predicted molar refractivity (Wildman–Crippen MR) is 54.5 cm³/mol. The van der Waals surface area contributed by atoms with E-state index in [1.54, 1.807) is 0 Å². The van der Waals surface area contributed by atoms with Crippen molar-refractivity contribution in [2.45, 2.75) is 0 Å². The molecule has 8 heteroatoms. The van der Waals surface area contributed by atoms with Gasteiger partial charge in [-0.2, -0.15) is 0 Å². The molecule has 0 spiro atoms. The molecular formula is C7H8N4O3S. The Bertz CT molecular complexity index is 401. The molecule has 0 aliphatic rings. The summed E-state index contributed by atoms with van der Waals surface area (Å²) in [6.07, 6.45) is 0.486. The first-order valence-electron chi connectivity index (χ1n) is 3.76. The first-order chi connectivity index (χ1) is 7.19. The summed E-state index contributed by atoms with van der Waals surface area (Å²) in [6, 6.07) is 0. The lowest BCUT2D eigenvalue weighted by molar-refractivity contribution is -0.112. The number of amides is 2. The van der Waals surface area contributed by atoms with E-state index >= 15 is 0 Å². The molecular weight excluding hydrogens is 220 g/mol. The number of nitrogens with one attached hydrogen (secondary N) is 1. The summed E-state index contributed by atoms with van der Waals surface area (Å²) in [4.78, 5) is 29.4. The predicted octanol–water partition coefficient (Wildman–Crippen LogP) is -0.453. The van der Waals surface area contributed by atoms with Crippen molar-refractivity contribution in [3.05, 3.63) is 11.1 Å². The summed E-state index contributed by atoms with van der Waals surface area (Å²) in [5, 5.41) is 7.67. The van der Waals surface area contributed by atoms with Crippen LogP contribution in [0.3, 0.4) is 0 Å². The van der Waals surface area contributed by atoms with E-state index in [9.17, 15) is 9.59 Å². The normalized spacial score (nSPS) is 10.9. The highest BCUT2D eigenvalue weighted by atomic mass is 32.1. The largest absolute Gasteiger partial charge is 0.398 e. The van der Waals surface area contributed by atoms with Crippen LogP contribution in [0.1, 0.15) is 5.69 Å². The first-order valence-corrected chi connectivity index (χ1v) is 4.64. The third-order valence-electron chi connectivity index (χ3n) is 1.35. The SMILES string of the molecule is CO/N=C(/C(N)=O)c1csc(NC=O)n1. The Morgan fingerprint density at radius 2 is 2.53 bits per heavy atom. The van der Waals surface area contributed by atoms with Gasteiger partial charge in [-0.1, -0.05) is 5.16 Å². The van der Waals surface area contributed by atoms with Gasteiger partial charge < -0.3 is 15.9 Å². The van der Waals surface area contributed by atoms with Crippen LogP contribution in [0, 0.1) is 0 Å². The molecule has 7 nitrogen and oxygen atoms in total. The fourth-order valence-corrected chi connectivity index (χ4v) is 1.46. The molecule has 80 valence electrons. The van der Waals surface area contributed by atoms with Crippen molar-refractivity contribution in [2.75, 3.05) is 12.4 Å². The molecule has 2 amide bonds. The lowest BCUT2D eigenvalue weighted by Gasteiger charge is -1.95. The van der Waals surface area contributed by atoms with Crippen molar-refractivity contribution in [3.63, 3.8) is 0 Å². The van der Waals surface area contributed by atoms with Crippen LogP contribution in [0.15, 0.2) is 10.5 Å². The number of hydrogen-bond donors (Lipinski definition) is 2. The Kier molecular flexibility index (Phi) is 3.75. The highest BCUT2D eigenvalue weighted by molar-refractivity contribution is 7.14. The molecule has 0 saturated heterocycles. The van der Waals surface area contributed by atoms with Crippen molar-refractivity contribution < 1.29 is 14.4 Å². The van der Waals surface area contributed by atoms with Crippen LogP contribution in [-0.4, -0.2) is 30.1 Å². The summed E-state index contributed by atoms with van der Waals surface area (Å²) < 4.78 is 0. The molecule has 0 aromatic carbocycles. The van der Waals surface area contributed by atoms with E-state index < -0.39 is 5.91 Å². The smallest absolute Gasteiger partial charge is 0.273 e. The molecule has 0 radical (unpaired) electrons. The maximum atomic E-state index is 10.9. The van der Waals surface area contributed by atoms with Gasteiger partial charge in [-0.05, 0) is 0 Å². The summed E-state index contributed by atoms with van der Waals surface area (Å²) in [7, 11) is 1.29. The fourth-order valence-electron chi connectivity index (χ4n) is 0.808. The summed E-state index contributed by atoms with van der Waals surface area (Å²) in [5.74, 6) is -0.750. The topological polar surface area (TPSA) is 107 Å². The first kappa shape index (κ1) is 11.1. The van der Waals surface area contributed by atoms with Gasteiger partial charge >= 0.3 is 0 Å². The zero-order chi connectivity index (χ0) is 11.3. The number of nitrogens with zero attached hydrogens (tertiary/aromatic N) is 2. The van der Waals surface area contributed by atoms with E-state index in [0.29, 0.717) is 11.5 Å². The van der Waals surface area contributed by atoms with Gasteiger partial charge in [-0.3, -0.25) is 9.59 Å². The van der Waals surface area contributed by atoms with Crippen molar-refractivity contribution in [2.24, 2.45) is 10.9 Å². The maximum Gasteiger partial charge on any atom is 0.273 e. The molecule has 3 N–H and O–H groups in total. The van der Waals surface area contributed by atoms with Crippen LogP contribution in [0.4, 0.5) is 5.13 Å². The van der Waals surface area contributed by atoms with Crippen LogP contribution in [0.2, 0.25) is 0 Å². The van der Waals surface area contributed by atoms with Gasteiger partial charge in [0.1, 0.15) is 12.8 Å². The second-order valence-corrected chi connectivity index (χ2v) is 3.14. The van der Waals surface area contributed by atoms with E-state index in [2.05, 4.69) is 20.3 Å². The maximum absolute atomic E-state index is 10.9. The van der Waals surface area contributed by atoms with Gasteiger partial charge in [-0.25, -0.2) is 4.98 Å². The standard InChI is InChI=1S/C7H8N4O3S/c1-14-11-5(6(8)13)4-2-15-7(10-4)9-3-12/h2-3H,1H3,(H2,8,13)(H,9,10,12)/b11-5+. The number of carbonyl (C=O) groups excluding carboxylic acids is 2. The molecule has 0 saturated carbocycles. The number of primary amides is 1. The minimum atomic E-state index is -0.750. The molecule has 1 aromatic heterocycles. The second kappa shape index (κ2) is 5.05. The number of nitrogens with two attached hydrogens (primary N) is 1. The number of anilines is 1. The van der Waals surface area contributed by atoms with Crippen LogP contribution in [0.5, 0.6) is 0 Å². The average molecular weight is 228 g/mol. The summed E-state index contributed by atoms with van der Waals surface area (Å²) >= 11 is 1.15. The van der Waals surface area contributed by atoms with Crippen LogP contribution >= 0.6 is 11.3 Å². The summed E-state index contributed by atoms with van der Waals surface area (Å²) in [6.45, 7) is 0. The van der Waals surface area contributed by atoms with Gasteiger partial charge in [0, 0.05) is 5.38 Å². The average Bonchev–Trinajstić information content (AvgIpc) is 2.62. The lowest BCUT2D eigenvalue weighted by Crippen LogP contribution is -2.24. The Labute approximate surface area is 88.9 Å². The van der Waals surface area contributed by atoms with E-state index in [1.807, 2.05) is 0 Å². The van der Waals surface area contributed by atoms with E-state index in [-0.39, 0.29) is 11.4 Å². The molecule has 0 atom stereocenters. The molecule has 1 heterocycles. The molecule has 0 unspecified atom stereocenters. The van der Waals surface area contributed by atoms with Gasteiger partial charge in [0.25, 0.3) is 5.91 Å². The van der Waals surface area contributed by atoms with Crippen LogP contribution < -0.4 is 11.1 Å². The van der Waals surface area contributed by atoms with Crippen molar-refractivity contribution in [3.8, 4) is 0 Å². The zero-order valence-electron chi connectivity index (χ0n) is 7.76. The molecule has 1 rings (SSSR count). The Morgan fingerprint density at radius 3 is 3.07 bits per heavy atom. The highest BCUT2D eigenvalue weighted by Gasteiger charge is 2.15. The summed E-state index contributed by atoms with van der Waals surface area (Å²) in [5.41, 5.74) is 5.24. The minimum Gasteiger partial charge on any atom is -0.398 e. The zero-order valence-corrected chi connectivity index (χ0v) is 8.58. The Balaban J connectivity index is 2.97. The minimum absolute atomic E-state index is 0.0901. The fraction of sp³-hybridized carbons (Fsp3) is 0.143. The number of thiazole rings is 1. The van der Waals surface area contributed by atoms with Crippen LogP contribution in [0.25, 0.3) is 0 Å². The lowest BCUT2D eigenvalue weighted by atomic mass is 10.3. The van der Waals surface area contributed by atoms with Crippen molar-refractivity contribution >= 4 is 34.5 Å². The van der Waals surface area contributed by atoms with Crippen molar-refractivity contribution in [1.29, 1.82) is 0 Å². The number of oxime groups is 1. The van der Waals surface area contributed by atoms with E-state index in [1.165, 1.54) is 12.5 Å². The van der Waals surface area contributed by atoms with Gasteiger partial charge in [-0.15, -0.1) is 11.3 Å².